The molecule has 1 aliphatic heterocycles. The summed E-state index contributed by atoms with van der Waals surface area (Å²) in [4.78, 5) is 0. The predicted molar refractivity (Wildman–Crippen MR) is 64.7 cm³/mol. The van der Waals surface area contributed by atoms with E-state index in [0.717, 1.165) is 38.3 Å². The monoisotopic (exact) mass is 239 g/mol. The lowest BCUT2D eigenvalue weighted by Crippen LogP contribution is -2.16. The summed E-state index contributed by atoms with van der Waals surface area (Å²) < 4.78 is 16.5. The molecule has 1 atom stereocenters. The standard InChI is InChI=1S/C13H21NO3/c1-2-5-14-8-11-3-7-16-13(11)10-17-12-4-6-15-9-12/h3,7,12,14H,2,4-6,8-10H2,1H3. The molecule has 96 valence electrons. The zero-order valence-electron chi connectivity index (χ0n) is 10.4. The minimum Gasteiger partial charge on any atom is -0.467 e. The van der Waals surface area contributed by atoms with E-state index in [1.54, 1.807) is 6.26 Å². The van der Waals surface area contributed by atoms with Crippen LogP contribution in [0.15, 0.2) is 16.7 Å². The quantitative estimate of drug-likeness (QED) is 0.740. The fourth-order valence-corrected chi connectivity index (χ4v) is 1.89. The first-order valence-corrected chi connectivity index (χ1v) is 6.35. The topological polar surface area (TPSA) is 43.6 Å². The lowest BCUT2D eigenvalue weighted by molar-refractivity contribution is 0.0230. The van der Waals surface area contributed by atoms with Crippen LogP contribution in [0.4, 0.5) is 0 Å². The fourth-order valence-electron chi connectivity index (χ4n) is 1.89. The minimum absolute atomic E-state index is 0.233. The summed E-state index contributed by atoms with van der Waals surface area (Å²) in [6, 6.07) is 2.01. The highest BCUT2D eigenvalue weighted by molar-refractivity contribution is 5.16. The maximum Gasteiger partial charge on any atom is 0.133 e. The van der Waals surface area contributed by atoms with E-state index in [0.29, 0.717) is 13.2 Å². The lowest BCUT2D eigenvalue weighted by Gasteiger charge is -2.09. The van der Waals surface area contributed by atoms with Crippen molar-refractivity contribution in [2.24, 2.45) is 0 Å². The van der Waals surface area contributed by atoms with E-state index in [1.807, 2.05) is 6.07 Å². The Balaban J connectivity index is 1.76. The van der Waals surface area contributed by atoms with Gasteiger partial charge in [-0.1, -0.05) is 6.92 Å². The van der Waals surface area contributed by atoms with Crippen LogP contribution in [-0.2, 0) is 22.6 Å². The molecule has 0 amide bonds. The molecular weight excluding hydrogens is 218 g/mol. The van der Waals surface area contributed by atoms with Gasteiger partial charge in [-0.05, 0) is 25.5 Å². The van der Waals surface area contributed by atoms with Crippen molar-refractivity contribution in [3.63, 3.8) is 0 Å². The maximum absolute atomic E-state index is 5.75. The Bertz CT molecular complexity index is 318. The summed E-state index contributed by atoms with van der Waals surface area (Å²) in [6.45, 7) is 6.11. The third-order valence-electron chi connectivity index (χ3n) is 2.92. The van der Waals surface area contributed by atoms with Crippen LogP contribution in [0.2, 0.25) is 0 Å². The molecule has 4 nitrogen and oxygen atoms in total. The number of hydrogen-bond donors (Lipinski definition) is 1. The highest BCUT2D eigenvalue weighted by atomic mass is 16.5. The van der Waals surface area contributed by atoms with Gasteiger partial charge in [0.2, 0.25) is 0 Å². The van der Waals surface area contributed by atoms with Crippen LogP contribution in [0, 0.1) is 0 Å². The summed E-state index contributed by atoms with van der Waals surface area (Å²) in [7, 11) is 0. The van der Waals surface area contributed by atoms with E-state index < -0.39 is 0 Å². The summed E-state index contributed by atoms with van der Waals surface area (Å²) in [5.74, 6) is 0.931. The van der Waals surface area contributed by atoms with Crippen molar-refractivity contribution in [2.45, 2.75) is 39.0 Å². The number of ether oxygens (including phenoxy) is 2. The molecule has 2 heterocycles. The predicted octanol–water partition coefficient (Wildman–Crippen LogP) is 2.08. The van der Waals surface area contributed by atoms with Gasteiger partial charge in [0.1, 0.15) is 12.4 Å². The van der Waals surface area contributed by atoms with E-state index >= 15 is 0 Å². The van der Waals surface area contributed by atoms with E-state index in [-0.39, 0.29) is 6.10 Å². The Hall–Kier alpha value is -0.840. The van der Waals surface area contributed by atoms with Gasteiger partial charge < -0.3 is 19.2 Å². The van der Waals surface area contributed by atoms with E-state index in [4.69, 9.17) is 13.9 Å². The molecule has 1 aromatic heterocycles. The van der Waals surface area contributed by atoms with Crippen LogP contribution < -0.4 is 5.32 Å². The average molecular weight is 239 g/mol. The van der Waals surface area contributed by atoms with Gasteiger partial charge in [0, 0.05) is 18.7 Å². The summed E-state index contributed by atoms with van der Waals surface area (Å²) in [5, 5.41) is 3.37. The van der Waals surface area contributed by atoms with E-state index in [2.05, 4.69) is 12.2 Å². The van der Waals surface area contributed by atoms with Gasteiger partial charge in [-0.25, -0.2) is 0 Å². The molecule has 0 bridgehead atoms. The van der Waals surface area contributed by atoms with Crippen molar-refractivity contribution in [1.29, 1.82) is 0 Å². The molecule has 0 aliphatic carbocycles. The molecule has 1 fully saturated rings. The molecule has 0 spiro atoms. The van der Waals surface area contributed by atoms with Gasteiger partial charge in [-0.3, -0.25) is 0 Å². The van der Waals surface area contributed by atoms with Crippen molar-refractivity contribution >= 4 is 0 Å². The zero-order chi connectivity index (χ0) is 11.9. The van der Waals surface area contributed by atoms with Crippen molar-refractivity contribution in [3.05, 3.63) is 23.7 Å². The molecule has 0 radical (unpaired) electrons. The first kappa shape index (κ1) is 12.6. The Morgan fingerprint density at radius 2 is 2.47 bits per heavy atom. The molecule has 0 aromatic carbocycles. The normalized spacial score (nSPS) is 19.9. The van der Waals surface area contributed by atoms with Crippen LogP contribution in [0.3, 0.4) is 0 Å². The Morgan fingerprint density at radius 3 is 3.24 bits per heavy atom. The van der Waals surface area contributed by atoms with Gasteiger partial charge in [0.15, 0.2) is 0 Å². The molecule has 0 saturated carbocycles. The van der Waals surface area contributed by atoms with Crippen molar-refractivity contribution < 1.29 is 13.9 Å². The van der Waals surface area contributed by atoms with E-state index in [1.165, 1.54) is 5.56 Å². The average Bonchev–Trinajstić information content (AvgIpc) is 2.97. The third kappa shape index (κ3) is 3.84. The molecule has 2 rings (SSSR count). The second kappa shape index (κ2) is 6.79. The second-order valence-corrected chi connectivity index (χ2v) is 4.34. The van der Waals surface area contributed by atoms with Crippen LogP contribution in [0.5, 0.6) is 0 Å². The smallest absolute Gasteiger partial charge is 0.133 e. The molecule has 1 aromatic rings. The van der Waals surface area contributed by atoms with Crippen molar-refractivity contribution in [2.75, 3.05) is 19.8 Å². The highest BCUT2D eigenvalue weighted by Gasteiger charge is 2.17. The highest BCUT2D eigenvalue weighted by Crippen LogP contribution is 2.15. The molecular formula is C13H21NO3. The van der Waals surface area contributed by atoms with Gasteiger partial charge in [0.25, 0.3) is 0 Å². The van der Waals surface area contributed by atoms with Crippen LogP contribution in [0.25, 0.3) is 0 Å². The minimum atomic E-state index is 0.233. The first-order valence-electron chi connectivity index (χ1n) is 6.35. The molecule has 1 N–H and O–H groups in total. The van der Waals surface area contributed by atoms with Crippen molar-refractivity contribution in [1.82, 2.24) is 5.32 Å². The zero-order valence-corrected chi connectivity index (χ0v) is 10.4. The van der Waals surface area contributed by atoms with Gasteiger partial charge >= 0.3 is 0 Å². The number of hydrogen-bond acceptors (Lipinski definition) is 4. The summed E-state index contributed by atoms with van der Waals surface area (Å²) in [5.41, 5.74) is 1.19. The maximum atomic E-state index is 5.75. The SMILES string of the molecule is CCCNCc1ccoc1COC1CCOC1. The summed E-state index contributed by atoms with van der Waals surface area (Å²) >= 11 is 0. The van der Waals surface area contributed by atoms with E-state index in [9.17, 15) is 0 Å². The molecule has 17 heavy (non-hydrogen) atoms. The number of rotatable bonds is 7. The van der Waals surface area contributed by atoms with Crippen LogP contribution >= 0.6 is 0 Å². The van der Waals surface area contributed by atoms with Gasteiger partial charge in [-0.2, -0.15) is 0 Å². The third-order valence-corrected chi connectivity index (χ3v) is 2.92. The second-order valence-electron chi connectivity index (χ2n) is 4.34. The Kier molecular flexibility index (Phi) is 5.04. The van der Waals surface area contributed by atoms with Crippen LogP contribution in [0.1, 0.15) is 31.1 Å². The largest absolute Gasteiger partial charge is 0.467 e. The Labute approximate surface area is 102 Å². The van der Waals surface area contributed by atoms with Gasteiger partial charge in [-0.15, -0.1) is 0 Å². The molecule has 1 unspecified atom stereocenters. The lowest BCUT2D eigenvalue weighted by atomic mass is 10.2. The number of nitrogens with one attached hydrogen (secondary N) is 1. The Morgan fingerprint density at radius 1 is 1.53 bits per heavy atom. The molecule has 4 heteroatoms. The first-order chi connectivity index (χ1) is 8.40. The van der Waals surface area contributed by atoms with Gasteiger partial charge in [0.05, 0.1) is 19.0 Å². The molecule has 1 saturated heterocycles. The summed E-state index contributed by atoms with van der Waals surface area (Å²) in [6.07, 6.45) is 4.09. The molecule has 1 aliphatic rings. The fraction of sp³-hybridized carbons (Fsp3) is 0.692. The van der Waals surface area contributed by atoms with Crippen molar-refractivity contribution in [3.8, 4) is 0 Å². The number of furan rings is 1. The van der Waals surface area contributed by atoms with Crippen LogP contribution in [-0.4, -0.2) is 25.9 Å².